The molecule has 0 fully saturated rings. The number of amides is 1. The summed E-state index contributed by atoms with van der Waals surface area (Å²) in [6, 6.07) is 5.71. The van der Waals surface area contributed by atoms with E-state index in [4.69, 9.17) is 5.11 Å². The molecule has 0 saturated carbocycles. The number of aryl methyl sites for hydroxylation is 1. The van der Waals surface area contributed by atoms with Gasteiger partial charge in [0.1, 0.15) is 6.61 Å². The van der Waals surface area contributed by atoms with Gasteiger partial charge in [0.2, 0.25) is 0 Å². The van der Waals surface area contributed by atoms with Gasteiger partial charge in [-0.3, -0.25) is 4.79 Å². The van der Waals surface area contributed by atoms with Crippen LogP contribution in [0.25, 0.3) is 0 Å². The lowest BCUT2D eigenvalue weighted by atomic mass is 10.0. The van der Waals surface area contributed by atoms with Crippen LogP contribution in [0.4, 0.5) is 0 Å². The van der Waals surface area contributed by atoms with Crippen molar-refractivity contribution >= 4 is 5.91 Å². The van der Waals surface area contributed by atoms with Crippen molar-refractivity contribution < 1.29 is 9.90 Å². The minimum atomic E-state index is -0.177. The zero-order valence-corrected chi connectivity index (χ0v) is 13.2. The molecule has 0 radical (unpaired) electrons. The van der Waals surface area contributed by atoms with Crippen molar-refractivity contribution in [1.82, 2.24) is 5.32 Å². The van der Waals surface area contributed by atoms with Gasteiger partial charge in [-0.05, 0) is 38.0 Å². The standard InChI is InChI=1S/C18H25NO2/c1-4-5-6-8-15(3)19-18(21)17-13-16(9-7-12-20)11-10-14(17)2/h10-11,13,15,20H,4-6,8,12H2,1-3H3,(H,19,21). The van der Waals surface area contributed by atoms with E-state index >= 15 is 0 Å². The maximum Gasteiger partial charge on any atom is 0.251 e. The Morgan fingerprint density at radius 3 is 2.81 bits per heavy atom. The van der Waals surface area contributed by atoms with Gasteiger partial charge in [-0.2, -0.15) is 0 Å². The molecule has 3 nitrogen and oxygen atoms in total. The Hall–Kier alpha value is -1.79. The van der Waals surface area contributed by atoms with Crippen LogP contribution in [0.3, 0.4) is 0 Å². The Balaban J connectivity index is 2.72. The molecule has 1 aromatic rings. The highest BCUT2D eigenvalue weighted by atomic mass is 16.2. The zero-order valence-electron chi connectivity index (χ0n) is 13.2. The Morgan fingerprint density at radius 1 is 1.38 bits per heavy atom. The molecule has 114 valence electrons. The van der Waals surface area contributed by atoms with E-state index in [1.54, 1.807) is 6.07 Å². The minimum Gasteiger partial charge on any atom is -0.384 e. The van der Waals surface area contributed by atoms with Crippen LogP contribution in [0.15, 0.2) is 18.2 Å². The summed E-state index contributed by atoms with van der Waals surface area (Å²) in [6.07, 6.45) is 4.53. The molecule has 1 aromatic carbocycles. The SMILES string of the molecule is CCCCCC(C)NC(=O)c1cc(C#CCO)ccc1C. The number of unbranched alkanes of at least 4 members (excludes halogenated alkanes) is 2. The lowest BCUT2D eigenvalue weighted by Crippen LogP contribution is -2.33. The van der Waals surface area contributed by atoms with Crippen LogP contribution in [0.1, 0.15) is 61.0 Å². The minimum absolute atomic E-state index is 0.0517. The summed E-state index contributed by atoms with van der Waals surface area (Å²) in [5.74, 6) is 5.38. The summed E-state index contributed by atoms with van der Waals surface area (Å²) in [6.45, 7) is 5.95. The molecule has 0 aliphatic carbocycles. The fraction of sp³-hybridized carbons (Fsp3) is 0.500. The highest BCUT2D eigenvalue weighted by molar-refractivity contribution is 5.96. The smallest absolute Gasteiger partial charge is 0.251 e. The van der Waals surface area contributed by atoms with Crippen molar-refractivity contribution in [2.24, 2.45) is 0 Å². The van der Waals surface area contributed by atoms with Gasteiger partial charge >= 0.3 is 0 Å². The fourth-order valence-corrected chi connectivity index (χ4v) is 2.16. The van der Waals surface area contributed by atoms with Gasteiger partial charge in [-0.15, -0.1) is 0 Å². The summed E-state index contributed by atoms with van der Waals surface area (Å²) < 4.78 is 0. The van der Waals surface area contributed by atoms with Gasteiger partial charge < -0.3 is 10.4 Å². The lowest BCUT2D eigenvalue weighted by molar-refractivity contribution is 0.0937. The van der Waals surface area contributed by atoms with E-state index in [1.807, 2.05) is 26.0 Å². The number of aliphatic hydroxyl groups is 1. The van der Waals surface area contributed by atoms with E-state index in [2.05, 4.69) is 24.1 Å². The van der Waals surface area contributed by atoms with Crippen LogP contribution in [-0.2, 0) is 0 Å². The van der Waals surface area contributed by atoms with Crippen molar-refractivity contribution in [1.29, 1.82) is 0 Å². The number of carbonyl (C=O) groups is 1. The molecular formula is C18H25NO2. The largest absolute Gasteiger partial charge is 0.384 e. The van der Waals surface area contributed by atoms with Crippen LogP contribution in [0.2, 0.25) is 0 Å². The van der Waals surface area contributed by atoms with Crippen LogP contribution in [0, 0.1) is 18.8 Å². The molecular weight excluding hydrogens is 262 g/mol. The molecule has 1 rings (SSSR count). The summed E-state index contributed by atoms with van der Waals surface area (Å²) in [4.78, 5) is 12.3. The fourth-order valence-electron chi connectivity index (χ4n) is 2.16. The van der Waals surface area contributed by atoms with Crippen molar-refractivity contribution in [3.63, 3.8) is 0 Å². The average molecular weight is 287 g/mol. The van der Waals surface area contributed by atoms with E-state index in [1.165, 1.54) is 12.8 Å². The maximum atomic E-state index is 12.3. The monoisotopic (exact) mass is 287 g/mol. The average Bonchev–Trinajstić information content (AvgIpc) is 2.46. The Bertz CT molecular complexity index is 526. The number of rotatable bonds is 6. The highest BCUT2D eigenvalue weighted by Gasteiger charge is 2.12. The summed E-state index contributed by atoms with van der Waals surface area (Å²) in [5.41, 5.74) is 2.34. The molecule has 0 aromatic heterocycles. The highest BCUT2D eigenvalue weighted by Crippen LogP contribution is 2.12. The topological polar surface area (TPSA) is 49.3 Å². The van der Waals surface area contributed by atoms with E-state index in [-0.39, 0.29) is 18.6 Å². The number of benzene rings is 1. The van der Waals surface area contributed by atoms with Crippen LogP contribution >= 0.6 is 0 Å². The molecule has 1 atom stereocenters. The second kappa shape index (κ2) is 9.20. The van der Waals surface area contributed by atoms with Crippen LogP contribution in [0.5, 0.6) is 0 Å². The zero-order chi connectivity index (χ0) is 15.7. The van der Waals surface area contributed by atoms with Gasteiger partial charge in [0.25, 0.3) is 5.91 Å². The van der Waals surface area contributed by atoms with E-state index in [9.17, 15) is 4.79 Å². The lowest BCUT2D eigenvalue weighted by Gasteiger charge is -2.15. The predicted molar refractivity (Wildman–Crippen MR) is 86.2 cm³/mol. The normalized spacial score (nSPS) is 11.4. The van der Waals surface area contributed by atoms with Gasteiger partial charge in [0.15, 0.2) is 0 Å². The molecule has 21 heavy (non-hydrogen) atoms. The number of hydrogen-bond acceptors (Lipinski definition) is 2. The second-order valence-corrected chi connectivity index (χ2v) is 5.36. The molecule has 2 N–H and O–H groups in total. The molecule has 0 aliphatic rings. The van der Waals surface area contributed by atoms with Crippen molar-refractivity contribution in [3.8, 4) is 11.8 Å². The third-order valence-corrected chi connectivity index (χ3v) is 3.41. The van der Waals surface area contributed by atoms with E-state index in [0.29, 0.717) is 5.56 Å². The summed E-state index contributed by atoms with van der Waals surface area (Å²) in [7, 11) is 0. The third kappa shape index (κ3) is 6.01. The van der Waals surface area contributed by atoms with Crippen molar-refractivity contribution in [3.05, 3.63) is 34.9 Å². The molecule has 0 heterocycles. The Labute approximate surface area is 127 Å². The third-order valence-electron chi connectivity index (χ3n) is 3.41. The van der Waals surface area contributed by atoms with Crippen LogP contribution in [-0.4, -0.2) is 23.7 Å². The molecule has 0 spiro atoms. The molecule has 0 bridgehead atoms. The Morgan fingerprint density at radius 2 is 2.14 bits per heavy atom. The van der Waals surface area contributed by atoms with E-state index in [0.717, 1.165) is 24.0 Å². The number of hydrogen-bond donors (Lipinski definition) is 2. The first kappa shape index (κ1) is 17.3. The van der Waals surface area contributed by atoms with Gasteiger partial charge in [0, 0.05) is 17.2 Å². The molecule has 1 amide bonds. The van der Waals surface area contributed by atoms with Gasteiger partial charge in [0.05, 0.1) is 0 Å². The number of aliphatic hydroxyl groups excluding tert-OH is 1. The Kier molecular flexibility index (Phi) is 7.56. The first-order valence-corrected chi connectivity index (χ1v) is 7.59. The molecule has 0 saturated heterocycles. The van der Waals surface area contributed by atoms with Crippen LogP contribution < -0.4 is 5.32 Å². The van der Waals surface area contributed by atoms with Gasteiger partial charge in [-0.1, -0.05) is 44.1 Å². The quantitative estimate of drug-likeness (QED) is 0.624. The van der Waals surface area contributed by atoms with E-state index < -0.39 is 0 Å². The maximum absolute atomic E-state index is 12.3. The number of carbonyl (C=O) groups excluding carboxylic acids is 1. The van der Waals surface area contributed by atoms with Crippen molar-refractivity contribution in [2.45, 2.75) is 52.5 Å². The van der Waals surface area contributed by atoms with Crippen molar-refractivity contribution in [2.75, 3.05) is 6.61 Å². The predicted octanol–water partition coefficient (Wildman–Crippen LogP) is 3.04. The first-order chi connectivity index (χ1) is 10.1. The second-order valence-electron chi connectivity index (χ2n) is 5.36. The summed E-state index contributed by atoms with van der Waals surface area (Å²) in [5, 5.41) is 11.8. The number of nitrogens with one attached hydrogen (secondary N) is 1. The molecule has 1 unspecified atom stereocenters. The summed E-state index contributed by atoms with van der Waals surface area (Å²) >= 11 is 0. The molecule has 0 aliphatic heterocycles. The molecule has 3 heteroatoms. The first-order valence-electron chi connectivity index (χ1n) is 7.59. The van der Waals surface area contributed by atoms with Gasteiger partial charge in [-0.25, -0.2) is 0 Å².